The molecule has 0 aromatic heterocycles. The van der Waals surface area contributed by atoms with E-state index in [0.717, 1.165) is 25.1 Å². The van der Waals surface area contributed by atoms with Gasteiger partial charge in [-0.3, -0.25) is 0 Å². The number of aryl methyl sites for hydroxylation is 1. The first kappa shape index (κ1) is 14.7. The molecule has 2 spiro atoms. The first-order chi connectivity index (χ1) is 12.0. The predicted molar refractivity (Wildman–Crippen MR) is 99.0 cm³/mol. The van der Waals surface area contributed by atoms with Crippen molar-refractivity contribution in [2.24, 2.45) is 5.41 Å². The number of benzene rings is 1. The van der Waals surface area contributed by atoms with Crippen molar-refractivity contribution in [1.82, 2.24) is 4.90 Å². The van der Waals surface area contributed by atoms with Crippen LogP contribution in [0.2, 0.25) is 0 Å². The van der Waals surface area contributed by atoms with E-state index in [1.807, 2.05) is 11.8 Å². The number of likely N-dealkylation sites (N-methyl/N-ethyl adjacent to an activating group) is 1. The SMILES string of the molecule is Cc1ccc2c3c1O[C@H]1[C@@]4(C)C=C[C@@]5(S[C@@H]4C#N)[C@@H](C2)N(C)CC[C@]315. The Bertz CT molecular complexity index is 904. The molecule has 0 N–H and O–H groups in total. The number of hydrogen-bond acceptors (Lipinski definition) is 4. The average Bonchev–Trinajstić information content (AvgIpc) is 2.98. The zero-order valence-corrected chi connectivity index (χ0v) is 15.7. The summed E-state index contributed by atoms with van der Waals surface area (Å²) in [6, 6.07) is 7.62. The van der Waals surface area contributed by atoms with Gasteiger partial charge in [0.25, 0.3) is 0 Å². The van der Waals surface area contributed by atoms with E-state index in [9.17, 15) is 5.26 Å². The Labute approximate surface area is 153 Å². The third kappa shape index (κ3) is 1.27. The third-order valence-electron chi connectivity index (χ3n) is 7.82. The van der Waals surface area contributed by atoms with Crippen LogP contribution in [-0.2, 0) is 11.8 Å². The number of fused-ring (bicyclic) bond motifs is 1. The Morgan fingerprint density at radius 1 is 1.36 bits per heavy atom. The highest BCUT2D eigenvalue weighted by atomic mass is 32.2. The van der Waals surface area contributed by atoms with Gasteiger partial charge in [-0.05, 0) is 44.5 Å². The summed E-state index contributed by atoms with van der Waals surface area (Å²) in [5.74, 6) is 1.13. The number of rotatable bonds is 0. The van der Waals surface area contributed by atoms with Gasteiger partial charge in [-0.1, -0.05) is 31.2 Å². The summed E-state index contributed by atoms with van der Waals surface area (Å²) in [6.07, 6.45) is 7.08. The van der Waals surface area contributed by atoms with E-state index in [1.54, 1.807) is 0 Å². The van der Waals surface area contributed by atoms with E-state index >= 15 is 0 Å². The number of likely N-dealkylation sites (tertiary alicyclic amines) is 1. The minimum Gasteiger partial charge on any atom is -0.488 e. The van der Waals surface area contributed by atoms with Gasteiger partial charge >= 0.3 is 0 Å². The minimum atomic E-state index is -0.221. The second kappa shape index (κ2) is 4.10. The van der Waals surface area contributed by atoms with Crippen LogP contribution in [-0.4, -0.2) is 40.6 Å². The maximum atomic E-state index is 9.95. The van der Waals surface area contributed by atoms with Crippen molar-refractivity contribution < 1.29 is 4.74 Å². The molecule has 2 fully saturated rings. The molecule has 0 amide bonds. The van der Waals surface area contributed by atoms with Gasteiger partial charge < -0.3 is 9.64 Å². The largest absolute Gasteiger partial charge is 0.488 e. The fourth-order valence-electron chi connectivity index (χ4n) is 6.63. The standard InChI is InChI=1S/C21H22N2OS/c1-12-4-5-13-10-14-21-7-6-19(2,15(11-22)25-21)18-20(21,8-9-23(14)3)16(13)17(12)24-18/h4-7,14-15,18H,8-10H2,1-3H3/t14-,15-,18+,19+,20+,21-/m1/s1. The van der Waals surface area contributed by atoms with Crippen LogP contribution in [0.1, 0.15) is 30.0 Å². The average molecular weight is 350 g/mol. The molecule has 4 heterocycles. The van der Waals surface area contributed by atoms with Crippen molar-refractivity contribution in [1.29, 1.82) is 5.26 Å². The normalized spacial score (nSPS) is 48.0. The monoisotopic (exact) mass is 350 g/mol. The topological polar surface area (TPSA) is 36.3 Å². The van der Waals surface area contributed by atoms with Crippen molar-refractivity contribution in [3.05, 3.63) is 41.0 Å². The molecule has 7 rings (SSSR count). The quantitative estimate of drug-likeness (QED) is 0.673. The lowest BCUT2D eigenvalue weighted by Crippen LogP contribution is -2.78. The van der Waals surface area contributed by atoms with Crippen LogP contribution < -0.4 is 4.74 Å². The van der Waals surface area contributed by atoms with Crippen molar-refractivity contribution in [2.75, 3.05) is 13.6 Å². The lowest BCUT2D eigenvalue weighted by atomic mass is 9.48. The fourth-order valence-corrected chi connectivity index (χ4v) is 8.62. The summed E-state index contributed by atoms with van der Waals surface area (Å²) in [5.41, 5.74) is 4.02. The molecule has 0 saturated carbocycles. The van der Waals surface area contributed by atoms with E-state index in [-0.39, 0.29) is 26.9 Å². The van der Waals surface area contributed by atoms with Gasteiger partial charge in [0, 0.05) is 17.0 Å². The number of piperidine rings is 1. The van der Waals surface area contributed by atoms with Crippen LogP contribution in [0.15, 0.2) is 24.3 Å². The lowest BCUT2D eigenvalue weighted by molar-refractivity contribution is -0.0371. The second-order valence-corrected chi connectivity index (χ2v) is 10.2. The summed E-state index contributed by atoms with van der Waals surface area (Å²) < 4.78 is 6.74. The minimum absolute atomic E-state index is 0.0284. The van der Waals surface area contributed by atoms with Crippen molar-refractivity contribution in [2.45, 2.75) is 54.2 Å². The van der Waals surface area contributed by atoms with Gasteiger partial charge in [0.05, 0.1) is 16.2 Å². The maximum Gasteiger partial charge on any atom is 0.126 e. The van der Waals surface area contributed by atoms with E-state index < -0.39 is 0 Å². The number of ether oxygens (including phenoxy) is 1. The molecule has 0 unspecified atom stereocenters. The molecule has 4 heteroatoms. The molecule has 0 radical (unpaired) electrons. The van der Waals surface area contributed by atoms with E-state index in [4.69, 9.17) is 4.74 Å². The zero-order valence-electron chi connectivity index (χ0n) is 14.9. The lowest BCUT2D eigenvalue weighted by Gasteiger charge is -2.69. The zero-order chi connectivity index (χ0) is 17.2. The summed E-state index contributed by atoms with van der Waals surface area (Å²) >= 11 is 1.93. The number of thioether (sulfide) groups is 1. The first-order valence-corrected chi connectivity index (χ1v) is 10.1. The Morgan fingerprint density at radius 2 is 2.20 bits per heavy atom. The van der Waals surface area contributed by atoms with Gasteiger partial charge in [0.15, 0.2) is 0 Å². The Balaban J connectivity index is 1.75. The maximum absolute atomic E-state index is 9.95. The Hall–Kier alpha value is -1.44. The van der Waals surface area contributed by atoms with Gasteiger partial charge in [-0.15, -0.1) is 11.8 Å². The molecule has 1 aromatic carbocycles. The summed E-state index contributed by atoms with van der Waals surface area (Å²) in [6.45, 7) is 5.53. The summed E-state index contributed by atoms with van der Waals surface area (Å²) in [5, 5.41) is 9.91. The van der Waals surface area contributed by atoms with Crippen LogP contribution in [0.5, 0.6) is 5.75 Å². The highest BCUT2D eigenvalue weighted by molar-refractivity contribution is 8.02. The summed E-state index contributed by atoms with van der Waals surface area (Å²) in [4.78, 5) is 2.53. The second-order valence-electron chi connectivity index (χ2n) is 8.78. The first-order valence-electron chi connectivity index (χ1n) is 9.25. The van der Waals surface area contributed by atoms with Gasteiger partial charge in [0.2, 0.25) is 0 Å². The van der Waals surface area contributed by atoms with Gasteiger partial charge in [-0.2, -0.15) is 5.26 Å². The third-order valence-corrected chi connectivity index (χ3v) is 9.83. The summed E-state index contributed by atoms with van der Waals surface area (Å²) in [7, 11) is 2.26. The predicted octanol–water partition coefficient (Wildman–Crippen LogP) is 3.21. The molecule has 4 bridgehead atoms. The Morgan fingerprint density at radius 3 is 3.00 bits per heavy atom. The van der Waals surface area contributed by atoms with Crippen LogP contribution in [0.3, 0.4) is 0 Å². The van der Waals surface area contributed by atoms with Gasteiger partial charge in [-0.25, -0.2) is 0 Å². The molecule has 25 heavy (non-hydrogen) atoms. The number of hydrogen-bond donors (Lipinski definition) is 0. The number of nitriles is 1. The molecule has 2 saturated heterocycles. The molecule has 6 atom stereocenters. The fraction of sp³-hybridized carbons (Fsp3) is 0.571. The molecule has 4 aliphatic heterocycles. The molecular formula is C21H22N2OS. The molecule has 128 valence electrons. The van der Waals surface area contributed by atoms with Crippen molar-refractivity contribution >= 4 is 11.8 Å². The highest BCUT2D eigenvalue weighted by Crippen LogP contribution is 2.74. The van der Waals surface area contributed by atoms with Crippen LogP contribution >= 0.6 is 11.8 Å². The van der Waals surface area contributed by atoms with Crippen LogP contribution in [0.25, 0.3) is 0 Å². The van der Waals surface area contributed by atoms with Crippen molar-refractivity contribution in [3.8, 4) is 11.8 Å². The molecule has 1 aromatic rings. The van der Waals surface area contributed by atoms with Crippen LogP contribution in [0, 0.1) is 23.7 Å². The molecule has 6 aliphatic rings. The van der Waals surface area contributed by atoms with E-state index in [0.29, 0.717) is 6.04 Å². The molecule has 2 aliphatic carbocycles. The van der Waals surface area contributed by atoms with Crippen molar-refractivity contribution in [3.63, 3.8) is 0 Å². The van der Waals surface area contributed by atoms with Gasteiger partial charge in [0.1, 0.15) is 17.1 Å². The Kier molecular flexibility index (Phi) is 2.41. The highest BCUT2D eigenvalue weighted by Gasteiger charge is 2.78. The molecule has 3 nitrogen and oxygen atoms in total. The molecular weight excluding hydrogens is 328 g/mol. The smallest absolute Gasteiger partial charge is 0.126 e. The van der Waals surface area contributed by atoms with E-state index in [2.05, 4.69) is 56.1 Å². The van der Waals surface area contributed by atoms with E-state index in [1.165, 1.54) is 16.7 Å². The van der Waals surface area contributed by atoms with Crippen LogP contribution in [0.4, 0.5) is 0 Å². The number of nitrogens with zero attached hydrogens (tertiary/aromatic N) is 2.